The molecule has 0 saturated heterocycles. The van der Waals surface area contributed by atoms with Gasteiger partial charge in [-0.3, -0.25) is 9.55 Å². The number of H-pyrrole nitrogens is 1. The van der Waals surface area contributed by atoms with Crippen molar-refractivity contribution in [2.75, 3.05) is 0 Å². The van der Waals surface area contributed by atoms with Gasteiger partial charge in [0.15, 0.2) is 0 Å². The molecular formula is C44H27ClN7+. The third-order valence-electron chi connectivity index (χ3n) is 10.1. The molecule has 11 rings (SSSR count). The van der Waals surface area contributed by atoms with Gasteiger partial charge in [0, 0.05) is 43.2 Å². The van der Waals surface area contributed by atoms with Crippen molar-refractivity contribution >= 4 is 77.1 Å². The molecule has 0 amide bonds. The molecule has 52 heavy (non-hydrogen) atoms. The summed E-state index contributed by atoms with van der Waals surface area (Å²) in [6, 6.07) is 52.2. The third-order valence-corrected chi connectivity index (χ3v) is 10.3. The monoisotopic (exact) mass is 688 g/mol. The number of hydrogen-bond donors (Lipinski definition) is 1. The summed E-state index contributed by atoms with van der Waals surface area (Å²) in [6.45, 7) is 0. The molecule has 0 aliphatic heterocycles. The van der Waals surface area contributed by atoms with Crippen LogP contribution in [0, 0.1) is 0 Å². The van der Waals surface area contributed by atoms with E-state index in [0.717, 1.165) is 66.0 Å². The number of hydrogen-bond acceptors (Lipinski definition) is 3. The largest absolute Gasteiger partial charge is 0.395 e. The summed E-state index contributed by atoms with van der Waals surface area (Å²) < 4.78 is 6.51. The van der Waals surface area contributed by atoms with Crippen LogP contribution in [0.2, 0.25) is 5.02 Å². The number of benzene rings is 6. The Morgan fingerprint density at radius 2 is 1.15 bits per heavy atom. The van der Waals surface area contributed by atoms with E-state index >= 15 is 0 Å². The molecule has 5 aromatic heterocycles. The first-order valence-electron chi connectivity index (χ1n) is 17.2. The summed E-state index contributed by atoms with van der Waals surface area (Å²) in [7, 11) is 0. The fraction of sp³-hybridized carbons (Fsp3) is 0. The highest BCUT2D eigenvalue weighted by Crippen LogP contribution is 2.38. The number of aromatic nitrogens is 7. The Labute approximate surface area is 301 Å². The van der Waals surface area contributed by atoms with E-state index < -0.39 is 0 Å². The molecule has 11 aromatic rings. The van der Waals surface area contributed by atoms with Crippen molar-refractivity contribution in [3.05, 3.63) is 163 Å². The number of rotatable bonds is 4. The number of nitrogens with zero attached hydrogens (tertiary/aromatic N) is 6. The van der Waals surface area contributed by atoms with Crippen molar-refractivity contribution < 1.29 is 4.57 Å². The average molecular weight is 689 g/mol. The molecule has 0 aliphatic carbocycles. The Morgan fingerprint density at radius 1 is 0.519 bits per heavy atom. The van der Waals surface area contributed by atoms with E-state index in [1.54, 1.807) is 0 Å². The lowest BCUT2D eigenvalue weighted by molar-refractivity contribution is -0.577. The molecule has 0 bridgehead atoms. The minimum absolute atomic E-state index is 0.485. The van der Waals surface area contributed by atoms with Crippen LogP contribution in [-0.4, -0.2) is 29.1 Å². The molecule has 0 saturated carbocycles. The van der Waals surface area contributed by atoms with Gasteiger partial charge in [0.05, 0.1) is 33.6 Å². The molecular weight excluding hydrogens is 662 g/mol. The molecule has 0 atom stereocenters. The first-order chi connectivity index (χ1) is 25.7. The van der Waals surface area contributed by atoms with Gasteiger partial charge in [0.25, 0.3) is 5.95 Å². The molecule has 1 N–H and O–H groups in total. The van der Waals surface area contributed by atoms with Gasteiger partial charge in [-0.05, 0) is 60.7 Å². The van der Waals surface area contributed by atoms with Crippen molar-refractivity contribution in [3.63, 3.8) is 0 Å². The minimum Gasteiger partial charge on any atom is -0.306 e. The maximum atomic E-state index is 6.52. The van der Waals surface area contributed by atoms with Gasteiger partial charge in [0.1, 0.15) is 5.52 Å². The van der Waals surface area contributed by atoms with Crippen molar-refractivity contribution in [1.29, 1.82) is 0 Å². The quantitative estimate of drug-likeness (QED) is 0.187. The predicted octanol–water partition coefficient (Wildman–Crippen LogP) is 10.3. The Kier molecular flexibility index (Phi) is 6.17. The van der Waals surface area contributed by atoms with Crippen LogP contribution in [0.15, 0.2) is 158 Å². The number of halogens is 1. The number of nitrogens with one attached hydrogen (secondary N) is 1. The zero-order chi connectivity index (χ0) is 34.3. The van der Waals surface area contributed by atoms with Crippen molar-refractivity contribution in [2.45, 2.75) is 0 Å². The van der Waals surface area contributed by atoms with Crippen LogP contribution < -0.4 is 4.57 Å². The number of fused-ring (bicyclic) bond motifs is 10. The van der Waals surface area contributed by atoms with Gasteiger partial charge in [-0.15, -0.1) is 0 Å². The molecule has 7 nitrogen and oxygen atoms in total. The maximum absolute atomic E-state index is 6.52. The Hall–Kier alpha value is -6.83. The number of aromatic amines is 1. The Bertz CT molecular complexity index is 3160. The molecule has 0 aliphatic rings. The lowest BCUT2D eigenvalue weighted by Gasteiger charge is -2.07. The highest BCUT2D eigenvalue weighted by Gasteiger charge is 2.25. The molecule has 0 spiro atoms. The molecule has 244 valence electrons. The first-order valence-corrected chi connectivity index (χ1v) is 17.5. The van der Waals surface area contributed by atoms with Gasteiger partial charge in [-0.1, -0.05) is 113 Å². The van der Waals surface area contributed by atoms with Crippen LogP contribution in [0.5, 0.6) is 0 Å². The van der Waals surface area contributed by atoms with Crippen LogP contribution in [0.25, 0.3) is 94.5 Å². The van der Waals surface area contributed by atoms with E-state index in [9.17, 15) is 0 Å². The highest BCUT2D eigenvalue weighted by atomic mass is 35.5. The van der Waals surface area contributed by atoms with E-state index in [2.05, 4.69) is 129 Å². The molecule has 5 heterocycles. The van der Waals surface area contributed by atoms with Crippen LogP contribution >= 0.6 is 11.6 Å². The van der Waals surface area contributed by atoms with Crippen LogP contribution in [0.4, 0.5) is 0 Å². The lowest BCUT2D eigenvalue weighted by atomic mass is 10.1. The number of para-hydroxylation sites is 4. The average Bonchev–Trinajstić information content (AvgIpc) is 3.86. The fourth-order valence-electron chi connectivity index (χ4n) is 7.85. The van der Waals surface area contributed by atoms with Gasteiger partial charge >= 0.3 is 5.95 Å². The van der Waals surface area contributed by atoms with Gasteiger partial charge < -0.3 is 4.57 Å². The summed E-state index contributed by atoms with van der Waals surface area (Å²) in [5.41, 5.74) is 8.14. The van der Waals surface area contributed by atoms with E-state index in [4.69, 9.17) is 26.6 Å². The molecule has 0 radical (unpaired) electrons. The van der Waals surface area contributed by atoms with Crippen LogP contribution in [-0.2, 0) is 0 Å². The van der Waals surface area contributed by atoms with Gasteiger partial charge in [-0.25, -0.2) is 0 Å². The second-order valence-corrected chi connectivity index (χ2v) is 13.4. The minimum atomic E-state index is 0.485. The summed E-state index contributed by atoms with van der Waals surface area (Å²) in [6.07, 6.45) is 2.01. The third kappa shape index (κ3) is 4.20. The molecule has 8 heteroatoms. The summed E-state index contributed by atoms with van der Waals surface area (Å²) in [5.74, 6) is 1.53. The SMILES string of the molecule is Clc1cccc(-c2nc(-n3c4ccccc4c4ccccc43)nc(-[n+]3cccc4c5ccc6c7ccccc7n(-c7ccccc7)c6c5[nH]c43)n2)c1. The van der Waals surface area contributed by atoms with E-state index in [1.165, 1.54) is 10.8 Å². The zero-order valence-electron chi connectivity index (χ0n) is 27.6. The zero-order valence-corrected chi connectivity index (χ0v) is 28.3. The van der Waals surface area contributed by atoms with Crippen molar-refractivity contribution in [1.82, 2.24) is 29.1 Å². The normalized spacial score (nSPS) is 11.9. The van der Waals surface area contributed by atoms with Crippen molar-refractivity contribution in [2.24, 2.45) is 0 Å². The highest BCUT2D eigenvalue weighted by molar-refractivity contribution is 6.30. The van der Waals surface area contributed by atoms with Crippen molar-refractivity contribution in [3.8, 4) is 29.0 Å². The topological polar surface area (TPSA) is 68.2 Å². The summed E-state index contributed by atoms with van der Waals surface area (Å²) in [4.78, 5) is 19.3. The van der Waals surface area contributed by atoms with Gasteiger partial charge in [0.2, 0.25) is 11.5 Å². The Morgan fingerprint density at radius 3 is 1.88 bits per heavy atom. The Balaban J connectivity index is 1.22. The standard InChI is InChI=1S/C44H26ClN7/c45-28-13-10-12-27(26-28)41-47-43(49-44(48-41)52-37-21-8-4-16-30(37)31-17-5-9-22-38(31)52)50-25-11-19-35-33-23-24-34-32-18-6-7-20-36(32)51(29-14-2-1-3-15-29)40(34)39(33)46-42(35)50/h1-26H/p+1. The van der Waals surface area contributed by atoms with E-state index in [-0.39, 0.29) is 0 Å². The number of pyridine rings is 1. The lowest BCUT2D eigenvalue weighted by Crippen LogP contribution is -2.35. The second kappa shape index (κ2) is 11.1. The fourth-order valence-corrected chi connectivity index (χ4v) is 8.04. The summed E-state index contributed by atoms with van der Waals surface area (Å²) in [5, 5.41) is 7.44. The molecule has 6 aromatic carbocycles. The smallest absolute Gasteiger partial charge is 0.306 e. The van der Waals surface area contributed by atoms with Crippen LogP contribution in [0.3, 0.4) is 0 Å². The van der Waals surface area contributed by atoms with Crippen LogP contribution in [0.1, 0.15) is 0 Å². The maximum Gasteiger partial charge on any atom is 0.395 e. The summed E-state index contributed by atoms with van der Waals surface area (Å²) >= 11 is 6.52. The molecule has 0 unspecified atom stereocenters. The van der Waals surface area contributed by atoms with E-state index in [1.807, 2.05) is 47.2 Å². The second-order valence-electron chi connectivity index (χ2n) is 13.0. The first kappa shape index (κ1) is 29.0. The van der Waals surface area contributed by atoms with Gasteiger partial charge in [-0.2, -0.15) is 9.55 Å². The molecule has 0 fully saturated rings. The van der Waals surface area contributed by atoms with E-state index in [0.29, 0.717) is 22.7 Å². The predicted molar refractivity (Wildman–Crippen MR) is 210 cm³/mol.